The Morgan fingerprint density at radius 3 is 2.57 bits per heavy atom. The Labute approximate surface area is 213 Å². The lowest BCUT2D eigenvalue weighted by molar-refractivity contribution is -0.135. The quantitative estimate of drug-likeness (QED) is 0.361. The molecule has 4 heterocycles. The van der Waals surface area contributed by atoms with Crippen LogP contribution in [-0.2, 0) is 22.9 Å². The van der Waals surface area contributed by atoms with E-state index in [9.17, 15) is 31.2 Å². The molecule has 3 aromatic heterocycles. The van der Waals surface area contributed by atoms with Gasteiger partial charge >= 0.3 is 11.9 Å². The average Bonchev–Trinajstić information content (AvgIpc) is 3.31. The number of hydrogen-bond acceptors (Lipinski definition) is 6. The van der Waals surface area contributed by atoms with Crippen LogP contribution in [0.5, 0.6) is 0 Å². The number of aryl methyl sites for hydroxylation is 1. The van der Waals surface area contributed by atoms with Gasteiger partial charge in [-0.25, -0.2) is 13.2 Å². The van der Waals surface area contributed by atoms with Gasteiger partial charge in [-0.1, -0.05) is 11.6 Å². The smallest absolute Gasteiger partial charge is 0.327 e. The Hall–Kier alpha value is -3.19. The van der Waals surface area contributed by atoms with Crippen molar-refractivity contribution in [3.8, 4) is 0 Å². The zero-order valence-corrected chi connectivity index (χ0v) is 20.9. The molecule has 1 atom stereocenters. The van der Waals surface area contributed by atoms with Crippen LogP contribution in [0.25, 0.3) is 21.9 Å². The molecule has 5 rings (SSSR count). The normalized spacial score (nSPS) is 17.7. The van der Waals surface area contributed by atoms with Gasteiger partial charge in [0, 0.05) is 24.2 Å². The number of nitrogens with zero attached hydrogens (tertiary/aromatic N) is 5. The molecule has 1 saturated heterocycles. The summed E-state index contributed by atoms with van der Waals surface area (Å²) in [6, 6.07) is 5.50. The molecule has 0 radical (unpaired) electrons. The largest absolute Gasteiger partial charge is 0.389 e. The highest BCUT2D eigenvalue weighted by molar-refractivity contribution is 7.91. The van der Waals surface area contributed by atoms with E-state index in [1.54, 1.807) is 6.07 Å². The summed E-state index contributed by atoms with van der Waals surface area (Å²) < 4.78 is 67.0. The summed E-state index contributed by atoms with van der Waals surface area (Å²) >= 11 is 6.03. The van der Waals surface area contributed by atoms with Gasteiger partial charge in [-0.05, 0) is 37.1 Å². The van der Waals surface area contributed by atoms with E-state index in [4.69, 9.17) is 11.6 Å². The van der Waals surface area contributed by atoms with Gasteiger partial charge in [0.25, 0.3) is 5.56 Å². The number of pyridine rings is 1. The molecule has 1 aromatic carbocycles. The standard InChI is InChI=1S/C23H21ClF3N5O4S/c24-14-2-3-17-16(10-14)21(33)29-20(30(17)8-1-6-23(25,26)27)12-31-19-11-28-7-4-18(19)32(22(31)34)15-5-9-37(35,36)13-15/h2-4,7,10-11,15H,1,5-6,8-9,12-13H2. The first kappa shape index (κ1) is 25.5. The van der Waals surface area contributed by atoms with Crippen molar-refractivity contribution in [1.29, 1.82) is 0 Å². The van der Waals surface area contributed by atoms with E-state index in [0.29, 0.717) is 16.6 Å². The summed E-state index contributed by atoms with van der Waals surface area (Å²) in [6.45, 7) is -0.333. The average molecular weight is 556 g/mol. The van der Waals surface area contributed by atoms with Crippen LogP contribution in [0.15, 0.2) is 46.2 Å². The number of rotatable bonds is 6. The van der Waals surface area contributed by atoms with Gasteiger partial charge in [0.15, 0.2) is 9.84 Å². The van der Waals surface area contributed by atoms with Gasteiger partial charge in [0.05, 0.1) is 52.2 Å². The number of sulfone groups is 1. The van der Waals surface area contributed by atoms with Gasteiger partial charge in [-0.2, -0.15) is 18.2 Å². The first-order valence-electron chi connectivity index (χ1n) is 11.4. The van der Waals surface area contributed by atoms with Crippen LogP contribution in [-0.4, -0.2) is 49.8 Å². The Balaban J connectivity index is 1.65. The van der Waals surface area contributed by atoms with Crippen molar-refractivity contribution in [3.05, 3.63) is 68.3 Å². The third-order valence-corrected chi connectivity index (χ3v) is 8.49. The molecule has 1 unspecified atom stereocenters. The summed E-state index contributed by atoms with van der Waals surface area (Å²) in [6.07, 6.45) is -2.45. The molecule has 1 fully saturated rings. The van der Waals surface area contributed by atoms with Crippen LogP contribution < -0.4 is 11.2 Å². The van der Waals surface area contributed by atoms with Crippen molar-refractivity contribution in [3.63, 3.8) is 0 Å². The summed E-state index contributed by atoms with van der Waals surface area (Å²) in [4.78, 5) is 34.6. The van der Waals surface area contributed by atoms with Gasteiger partial charge in [0.2, 0.25) is 0 Å². The number of halogens is 4. The lowest BCUT2D eigenvalue weighted by Gasteiger charge is -2.17. The third kappa shape index (κ3) is 5.01. The topological polar surface area (TPSA) is 109 Å². The SMILES string of the molecule is O=c1nc(Cn2c(=O)n(C3CCS(=O)(=O)C3)c3ccncc32)n(CCCC(F)(F)F)c2ccc(Cl)cc12. The maximum absolute atomic E-state index is 13.6. The first-order chi connectivity index (χ1) is 17.4. The van der Waals surface area contributed by atoms with Crippen molar-refractivity contribution >= 4 is 43.4 Å². The number of fused-ring (bicyclic) bond motifs is 2. The van der Waals surface area contributed by atoms with Crippen molar-refractivity contribution in [2.75, 3.05) is 11.5 Å². The molecule has 196 valence electrons. The Kier molecular flexibility index (Phi) is 6.39. The molecule has 37 heavy (non-hydrogen) atoms. The van der Waals surface area contributed by atoms with Crippen LogP contribution in [0.4, 0.5) is 13.2 Å². The number of aromatic nitrogens is 5. The van der Waals surface area contributed by atoms with E-state index in [1.165, 1.54) is 44.3 Å². The lowest BCUT2D eigenvalue weighted by atomic mass is 10.2. The molecular weight excluding hydrogens is 535 g/mol. The minimum atomic E-state index is -4.36. The Morgan fingerprint density at radius 2 is 1.86 bits per heavy atom. The zero-order valence-electron chi connectivity index (χ0n) is 19.3. The van der Waals surface area contributed by atoms with Gasteiger partial charge in [0.1, 0.15) is 5.82 Å². The molecule has 0 saturated carbocycles. The van der Waals surface area contributed by atoms with Crippen LogP contribution >= 0.6 is 11.6 Å². The van der Waals surface area contributed by atoms with Crippen LogP contribution in [0.2, 0.25) is 5.02 Å². The van der Waals surface area contributed by atoms with Crippen molar-refractivity contribution in [2.24, 2.45) is 0 Å². The minimum Gasteiger partial charge on any atom is -0.327 e. The Morgan fingerprint density at radius 1 is 1.08 bits per heavy atom. The maximum atomic E-state index is 13.6. The molecule has 4 aromatic rings. The van der Waals surface area contributed by atoms with Crippen LogP contribution in [0.1, 0.15) is 31.1 Å². The van der Waals surface area contributed by atoms with Crippen LogP contribution in [0, 0.1) is 0 Å². The molecule has 0 aliphatic carbocycles. The summed E-state index contributed by atoms with van der Waals surface area (Å²) in [7, 11) is -3.29. The number of alkyl halides is 3. The van der Waals surface area contributed by atoms with E-state index in [2.05, 4.69) is 9.97 Å². The summed E-state index contributed by atoms with van der Waals surface area (Å²) in [5, 5.41) is 0.425. The highest BCUT2D eigenvalue weighted by Gasteiger charge is 2.32. The number of benzene rings is 1. The fraction of sp³-hybridized carbons (Fsp3) is 0.391. The minimum absolute atomic E-state index is 0.0323. The molecule has 14 heteroatoms. The fourth-order valence-corrected chi connectivity index (χ4v) is 6.72. The summed E-state index contributed by atoms with van der Waals surface area (Å²) in [5.74, 6) is -0.119. The Bertz CT molecular complexity index is 1740. The summed E-state index contributed by atoms with van der Waals surface area (Å²) in [5.41, 5.74) is 0.0665. The number of imidazole rings is 1. The van der Waals surface area contributed by atoms with Crippen molar-refractivity contribution < 1.29 is 21.6 Å². The van der Waals surface area contributed by atoms with E-state index < -0.39 is 39.7 Å². The molecule has 0 bridgehead atoms. The molecule has 1 aliphatic rings. The molecule has 0 spiro atoms. The van der Waals surface area contributed by atoms with E-state index in [-0.39, 0.29) is 53.7 Å². The molecular formula is C23H21ClF3N5O4S. The van der Waals surface area contributed by atoms with Crippen molar-refractivity contribution in [1.82, 2.24) is 23.7 Å². The molecule has 0 N–H and O–H groups in total. The first-order valence-corrected chi connectivity index (χ1v) is 13.6. The molecule has 0 amide bonds. The van der Waals surface area contributed by atoms with Crippen LogP contribution in [0.3, 0.4) is 0 Å². The van der Waals surface area contributed by atoms with Gasteiger partial charge < -0.3 is 4.57 Å². The maximum Gasteiger partial charge on any atom is 0.389 e. The predicted molar refractivity (Wildman–Crippen MR) is 132 cm³/mol. The molecule has 9 nitrogen and oxygen atoms in total. The second kappa shape index (κ2) is 9.28. The van der Waals surface area contributed by atoms with E-state index in [1.807, 2.05) is 0 Å². The molecule has 1 aliphatic heterocycles. The number of hydrogen-bond donors (Lipinski definition) is 0. The second-order valence-corrected chi connectivity index (χ2v) is 11.7. The highest BCUT2D eigenvalue weighted by atomic mass is 35.5. The van der Waals surface area contributed by atoms with Crippen molar-refractivity contribution in [2.45, 2.75) is 44.6 Å². The lowest BCUT2D eigenvalue weighted by Crippen LogP contribution is -2.30. The van der Waals surface area contributed by atoms with Gasteiger partial charge in [-0.15, -0.1) is 0 Å². The zero-order chi connectivity index (χ0) is 26.5. The second-order valence-electron chi connectivity index (χ2n) is 9.02. The predicted octanol–water partition coefficient (Wildman–Crippen LogP) is 3.31. The monoisotopic (exact) mass is 555 g/mol. The fourth-order valence-electron chi connectivity index (χ4n) is 4.85. The highest BCUT2D eigenvalue weighted by Crippen LogP contribution is 2.27. The van der Waals surface area contributed by atoms with Gasteiger partial charge in [-0.3, -0.25) is 18.9 Å². The van der Waals surface area contributed by atoms with E-state index in [0.717, 1.165) is 0 Å². The van der Waals surface area contributed by atoms with E-state index >= 15 is 0 Å². The third-order valence-electron chi connectivity index (χ3n) is 6.50.